The van der Waals surface area contributed by atoms with Gasteiger partial charge in [-0.2, -0.15) is 0 Å². The lowest BCUT2D eigenvalue weighted by atomic mass is 10.0. The van der Waals surface area contributed by atoms with E-state index in [1.165, 1.54) is 12.1 Å². The highest BCUT2D eigenvalue weighted by Crippen LogP contribution is 2.29. The maximum Gasteiger partial charge on any atom is 0.271 e. The molecule has 0 saturated carbocycles. The van der Waals surface area contributed by atoms with Crippen molar-refractivity contribution in [3.8, 4) is 11.4 Å². The average Bonchev–Trinajstić information content (AvgIpc) is 3.22. The van der Waals surface area contributed by atoms with Crippen molar-refractivity contribution >= 4 is 23.5 Å². The number of aliphatic hydroxyl groups is 2. The molecule has 2 atom stereocenters. The third kappa shape index (κ3) is 8.11. The molecule has 0 saturated heterocycles. The van der Waals surface area contributed by atoms with Gasteiger partial charge in [0, 0.05) is 36.1 Å². The van der Waals surface area contributed by atoms with Crippen LogP contribution in [0.25, 0.3) is 11.4 Å². The summed E-state index contributed by atoms with van der Waals surface area (Å²) in [6.07, 6.45) is -2.19. The van der Waals surface area contributed by atoms with Crippen LogP contribution in [0, 0.1) is 5.82 Å². The minimum absolute atomic E-state index is 0.119. The molecule has 3 rings (SSSR count). The van der Waals surface area contributed by atoms with Crippen LogP contribution in [0.15, 0.2) is 48.5 Å². The quantitative estimate of drug-likeness (QED) is 0.303. The van der Waals surface area contributed by atoms with Crippen molar-refractivity contribution in [1.82, 2.24) is 14.9 Å². The van der Waals surface area contributed by atoms with E-state index in [2.05, 4.69) is 10.3 Å². The van der Waals surface area contributed by atoms with E-state index in [4.69, 9.17) is 11.6 Å². The SMILES string of the molecule is CC(C)c1c(C(=O)NCCc2cccc(Cl)c2)nc(-c2ccc(F)cc2)n1CC[C@@H](O)C[C@@H](O)CC(=O)[O-]. The Morgan fingerprint density at radius 1 is 1.13 bits per heavy atom. The molecule has 0 aliphatic rings. The molecule has 1 aromatic heterocycles. The van der Waals surface area contributed by atoms with E-state index in [0.29, 0.717) is 35.1 Å². The number of carbonyl (C=O) groups excluding carboxylic acids is 2. The van der Waals surface area contributed by atoms with E-state index in [1.807, 2.05) is 36.6 Å². The van der Waals surface area contributed by atoms with Gasteiger partial charge in [0.1, 0.15) is 17.3 Å². The van der Waals surface area contributed by atoms with Crippen LogP contribution in [0.5, 0.6) is 0 Å². The highest BCUT2D eigenvalue weighted by Gasteiger charge is 2.26. The highest BCUT2D eigenvalue weighted by atomic mass is 35.5. The number of hydrogen-bond acceptors (Lipinski definition) is 6. The van der Waals surface area contributed by atoms with Crippen LogP contribution in [-0.2, 0) is 17.8 Å². The zero-order chi connectivity index (χ0) is 27.8. The van der Waals surface area contributed by atoms with Crippen LogP contribution in [0.1, 0.15) is 60.8 Å². The third-order valence-electron chi connectivity index (χ3n) is 6.09. The second-order valence-electron chi connectivity index (χ2n) is 9.53. The zero-order valence-corrected chi connectivity index (χ0v) is 22.1. The van der Waals surface area contributed by atoms with Gasteiger partial charge in [-0.05, 0) is 67.1 Å². The predicted octanol–water partition coefficient (Wildman–Crippen LogP) is 3.08. The number of carboxylic acid groups (broad SMARTS) is 1. The summed E-state index contributed by atoms with van der Waals surface area (Å²) in [5, 5.41) is 34.5. The van der Waals surface area contributed by atoms with E-state index in [0.717, 1.165) is 5.56 Å². The fraction of sp³-hybridized carbons (Fsp3) is 0.393. The minimum atomic E-state index is -1.40. The third-order valence-corrected chi connectivity index (χ3v) is 6.33. The molecule has 38 heavy (non-hydrogen) atoms. The number of halogens is 2. The second-order valence-corrected chi connectivity index (χ2v) is 9.96. The van der Waals surface area contributed by atoms with Crippen LogP contribution >= 0.6 is 11.6 Å². The number of benzene rings is 2. The van der Waals surface area contributed by atoms with Crippen LogP contribution in [0.3, 0.4) is 0 Å². The van der Waals surface area contributed by atoms with Crippen LogP contribution in [-0.4, -0.2) is 50.4 Å². The van der Waals surface area contributed by atoms with Gasteiger partial charge in [0.15, 0.2) is 0 Å². The van der Waals surface area contributed by atoms with Crippen molar-refractivity contribution in [2.24, 2.45) is 0 Å². The molecule has 8 nitrogen and oxygen atoms in total. The largest absolute Gasteiger partial charge is 0.550 e. The lowest BCUT2D eigenvalue weighted by Gasteiger charge is -2.19. The van der Waals surface area contributed by atoms with Crippen LogP contribution in [0.4, 0.5) is 4.39 Å². The van der Waals surface area contributed by atoms with Crippen molar-refractivity contribution in [2.75, 3.05) is 6.54 Å². The number of nitrogens with zero attached hydrogens (tertiary/aromatic N) is 2. The summed E-state index contributed by atoms with van der Waals surface area (Å²) in [5.41, 5.74) is 2.45. The van der Waals surface area contributed by atoms with Gasteiger partial charge >= 0.3 is 0 Å². The lowest BCUT2D eigenvalue weighted by molar-refractivity contribution is -0.307. The summed E-state index contributed by atoms with van der Waals surface area (Å²) in [7, 11) is 0. The lowest BCUT2D eigenvalue weighted by Crippen LogP contribution is -2.30. The molecule has 1 heterocycles. The van der Waals surface area contributed by atoms with Gasteiger partial charge in [-0.25, -0.2) is 9.37 Å². The molecule has 0 radical (unpaired) electrons. The molecule has 0 aliphatic heterocycles. The standard InChI is InChI=1S/C28H33ClFN3O5/c1-17(2)26-25(28(38)31-12-10-18-4-3-5-20(29)14-18)32-27(19-6-8-21(30)9-7-19)33(26)13-11-22(34)15-23(35)16-24(36)37/h3-9,14,17,22-23,34-35H,10-13,15-16H2,1-2H3,(H,31,38)(H,36,37)/p-1/t22-,23-/m1/s1. The van der Waals surface area contributed by atoms with Crippen molar-refractivity contribution in [3.05, 3.63) is 76.3 Å². The van der Waals surface area contributed by atoms with E-state index >= 15 is 0 Å². The van der Waals surface area contributed by atoms with Crippen molar-refractivity contribution < 1.29 is 29.3 Å². The summed E-state index contributed by atoms with van der Waals surface area (Å²) >= 11 is 6.04. The number of carboxylic acids is 1. The fourth-order valence-electron chi connectivity index (χ4n) is 4.35. The number of imidazole rings is 1. The van der Waals surface area contributed by atoms with E-state index < -0.39 is 30.4 Å². The van der Waals surface area contributed by atoms with Crippen molar-refractivity contribution in [2.45, 2.75) is 64.2 Å². The number of carbonyl (C=O) groups is 2. The number of nitrogens with one attached hydrogen (secondary N) is 1. The van der Waals surface area contributed by atoms with Gasteiger partial charge in [0.25, 0.3) is 5.91 Å². The molecule has 0 fully saturated rings. The predicted molar refractivity (Wildman–Crippen MR) is 140 cm³/mol. The first kappa shape index (κ1) is 29.3. The molecule has 0 spiro atoms. The average molecular weight is 545 g/mol. The maximum atomic E-state index is 13.6. The number of aromatic nitrogens is 2. The molecule has 0 unspecified atom stereocenters. The Morgan fingerprint density at radius 2 is 1.84 bits per heavy atom. The fourth-order valence-corrected chi connectivity index (χ4v) is 4.56. The molecular weight excluding hydrogens is 513 g/mol. The molecule has 2 aromatic carbocycles. The Bertz CT molecular complexity index is 1250. The number of aliphatic hydroxyl groups excluding tert-OH is 2. The van der Waals surface area contributed by atoms with Gasteiger partial charge in [-0.1, -0.05) is 37.6 Å². The highest BCUT2D eigenvalue weighted by molar-refractivity contribution is 6.30. The molecule has 10 heteroatoms. The smallest absolute Gasteiger partial charge is 0.271 e. The summed E-state index contributed by atoms with van der Waals surface area (Å²) < 4.78 is 15.4. The van der Waals surface area contributed by atoms with Gasteiger partial charge in [0.2, 0.25) is 0 Å². The first-order valence-electron chi connectivity index (χ1n) is 12.5. The second kappa shape index (κ2) is 13.5. The monoisotopic (exact) mass is 544 g/mol. The first-order valence-corrected chi connectivity index (χ1v) is 12.9. The van der Waals surface area contributed by atoms with Crippen molar-refractivity contribution in [3.63, 3.8) is 0 Å². The van der Waals surface area contributed by atoms with Crippen molar-refractivity contribution in [1.29, 1.82) is 0 Å². The summed E-state index contributed by atoms with van der Waals surface area (Å²) in [6.45, 7) is 4.45. The molecule has 204 valence electrons. The minimum Gasteiger partial charge on any atom is -0.550 e. The van der Waals surface area contributed by atoms with E-state index in [9.17, 15) is 29.3 Å². The molecule has 3 aromatic rings. The Labute approximate surface area is 226 Å². The van der Waals surface area contributed by atoms with Gasteiger partial charge in [-0.15, -0.1) is 0 Å². The topological polar surface area (TPSA) is 128 Å². The van der Waals surface area contributed by atoms with E-state index in [1.54, 1.807) is 18.2 Å². The Balaban J connectivity index is 1.85. The number of rotatable bonds is 13. The first-order chi connectivity index (χ1) is 18.0. The summed E-state index contributed by atoms with van der Waals surface area (Å²) in [5.74, 6) is -1.84. The Kier molecular flexibility index (Phi) is 10.4. The zero-order valence-electron chi connectivity index (χ0n) is 21.4. The number of aliphatic carboxylic acids is 1. The Morgan fingerprint density at radius 3 is 2.47 bits per heavy atom. The van der Waals surface area contributed by atoms with Gasteiger partial charge < -0.3 is 30.0 Å². The maximum absolute atomic E-state index is 13.6. The molecule has 1 amide bonds. The number of amides is 1. The molecule has 0 bridgehead atoms. The summed E-state index contributed by atoms with van der Waals surface area (Å²) in [6, 6.07) is 13.1. The van der Waals surface area contributed by atoms with Crippen LogP contribution in [0.2, 0.25) is 5.02 Å². The molecule has 3 N–H and O–H groups in total. The summed E-state index contributed by atoms with van der Waals surface area (Å²) in [4.78, 5) is 28.6. The van der Waals surface area contributed by atoms with Gasteiger partial charge in [0.05, 0.1) is 17.9 Å². The van der Waals surface area contributed by atoms with Gasteiger partial charge in [-0.3, -0.25) is 4.79 Å². The molecule has 0 aliphatic carbocycles. The molecular formula is C28H32ClFN3O5-. The van der Waals surface area contributed by atoms with E-state index in [-0.39, 0.29) is 36.9 Å². The Hall–Kier alpha value is -3.27. The number of hydrogen-bond donors (Lipinski definition) is 3. The van der Waals surface area contributed by atoms with Crippen LogP contribution < -0.4 is 10.4 Å². The normalized spacial score (nSPS) is 12.9.